The van der Waals surface area contributed by atoms with Crippen LogP contribution in [-0.2, 0) is 17.5 Å². The maximum atomic E-state index is 12.6. The van der Waals surface area contributed by atoms with Crippen molar-refractivity contribution >= 4 is 5.91 Å². The molecular formula is C16H21F3N2O. The quantitative estimate of drug-likeness (QED) is 0.926. The van der Waals surface area contributed by atoms with Gasteiger partial charge in [0.15, 0.2) is 0 Å². The summed E-state index contributed by atoms with van der Waals surface area (Å²) in [5.74, 6) is 0.552. The van der Waals surface area contributed by atoms with E-state index in [0.29, 0.717) is 18.0 Å². The first-order valence-corrected chi connectivity index (χ1v) is 7.50. The summed E-state index contributed by atoms with van der Waals surface area (Å²) >= 11 is 0. The largest absolute Gasteiger partial charge is 0.416 e. The Morgan fingerprint density at radius 1 is 1.32 bits per heavy atom. The number of amides is 1. The molecule has 3 nitrogen and oxygen atoms in total. The van der Waals surface area contributed by atoms with Gasteiger partial charge in [0, 0.05) is 6.54 Å². The summed E-state index contributed by atoms with van der Waals surface area (Å²) in [5.41, 5.74) is -0.236. The predicted molar refractivity (Wildman–Crippen MR) is 78.1 cm³/mol. The number of likely N-dealkylation sites (tertiary alicyclic amines) is 1. The smallest absolute Gasteiger partial charge is 0.351 e. The third-order valence-electron chi connectivity index (χ3n) is 3.99. The van der Waals surface area contributed by atoms with Crippen LogP contribution in [-0.4, -0.2) is 30.4 Å². The van der Waals surface area contributed by atoms with Crippen LogP contribution in [0.4, 0.5) is 13.2 Å². The van der Waals surface area contributed by atoms with Crippen LogP contribution in [0.2, 0.25) is 0 Å². The summed E-state index contributed by atoms with van der Waals surface area (Å²) in [5, 5.41) is 2.69. The maximum absolute atomic E-state index is 12.6. The molecule has 1 aliphatic rings. The van der Waals surface area contributed by atoms with Crippen LogP contribution < -0.4 is 5.32 Å². The Hall–Kier alpha value is -1.56. The summed E-state index contributed by atoms with van der Waals surface area (Å²) in [6.07, 6.45) is -2.19. The fraction of sp³-hybridized carbons (Fsp3) is 0.562. The molecule has 1 heterocycles. The van der Waals surface area contributed by atoms with Gasteiger partial charge in [-0.15, -0.1) is 0 Å². The molecule has 1 aromatic carbocycles. The first kappa shape index (κ1) is 16.8. The van der Waals surface area contributed by atoms with Crippen molar-refractivity contribution in [1.29, 1.82) is 0 Å². The average Bonchev–Trinajstić information content (AvgIpc) is 2.47. The van der Waals surface area contributed by atoms with Crippen molar-refractivity contribution in [3.63, 3.8) is 0 Å². The van der Waals surface area contributed by atoms with Crippen molar-refractivity contribution in [2.24, 2.45) is 5.92 Å². The van der Waals surface area contributed by atoms with Crippen molar-refractivity contribution in [1.82, 2.24) is 10.2 Å². The van der Waals surface area contributed by atoms with E-state index in [1.807, 2.05) is 0 Å². The fourth-order valence-corrected chi connectivity index (χ4v) is 2.54. The molecule has 0 aromatic heterocycles. The highest BCUT2D eigenvalue weighted by Gasteiger charge is 2.30. The summed E-state index contributed by atoms with van der Waals surface area (Å²) < 4.78 is 37.8. The third kappa shape index (κ3) is 5.02. The minimum Gasteiger partial charge on any atom is -0.351 e. The first-order chi connectivity index (χ1) is 10.3. The van der Waals surface area contributed by atoms with Crippen LogP contribution in [0.25, 0.3) is 0 Å². The van der Waals surface area contributed by atoms with Crippen molar-refractivity contribution < 1.29 is 18.0 Å². The van der Waals surface area contributed by atoms with Gasteiger partial charge in [0.2, 0.25) is 5.91 Å². The van der Waals surface area contributed by atoms with E-state index in [4.69, 9.17) is 0 Å². The number of benzene rings is 1. The van der Waals surface area contributed by atoms with Gasteiger partial charge in [-0.2, -0.15) is 13.2 Å². The molecule has 6 heteroatoms. The van der Waals surface area contributed by atoms with Crippen LogP contribution in [0.3, 0.4) is 0 Å². The molecule has 1 saturated heterocycles. The molecule has 0 radical (unpaired) electrons. The van der Waals surface area contributed by atoms with E-state index in [9.17, 15) is 18.0 Å². The van der Waals surface area contributed by atoms with Gasteiger partial charge >= 0.3 is 6.18 Å². The summed E-state index contributed by atoms with van der Waals surface area (Å²) in [4.78, 5) is 14.0. The topological polar surface area (TPSA) is 32.3 Å². The zero-order valence-electron chi connectivity index (χ0n) is 12.6. The van der Waals surface area contributed by atoms with Crippen LogP contribution in [0.5, 0.6) is 0 Å². The van der Waals surface area contributed by atoms with Gasteiger partial charge < -0.3 is 5.32 Å². The number of hydrogen-bond donors (Lipinski definition) is 1. The van der Waals surface area contributed by atoms with E-state index < -0.39 is 11.7 Å². The monoisotopic (exact) mass is 314 g/mol. The fourth-order valence-electron chi connectivity index (χ4n) is 2.54. The molecule has 0 unspecified atom stereocenters. The number of alkyl halides is 3. The van der Waals surface area contributed by atoms with E-state index >= 15 is 0 Å². The molecule has 0 bridgehead atoms. The maximum Gasteiger partial charge on any atom is 0.416 e. The zero-order chi connectivity index (χ0) is 16.2. The number of nitrogens with zero attached hydrogens (tertiary/aromatic N) is 1. The second-order valence-electron chi connectivity index (χ2n) is 5.93. The number of carbonyl (C=O) groups is 1. The number of carbonyl (C=O) groups excluding carboxylic acids is 1. The zero-order valence-corrected chi connectivity index (χ0v) is 12.6. The Bertz CT molecular complexity index is 508. The van der Waals surface area contributed by atoms with Crippen molar-refractivity contribution in [2.75, 3.05) is 19.6 Å². The van der Waals surface area contributed by atoms with Crippen molar-refractivity contribution in [3.8, 4) is 0 Å². The highest BCUT2D eigenvalue weighted by atomic mass is 19.4. The molecule has 1 aromatic rings. The van der Waals surface area contributed by atoms with Gasteiger partial charge in [-0.05, 0) is 49.5 Å². The second-order valence-corrected chi connectivity index (χ2v) is 5.93. The average molecular weight is 314 g/mol. The van der Waals surface area contributed by atoms with Crippen LogP contribution >= 0.6 is 0 Å². The second kappa shape index (κ2) is 7.13. The standard InChI is InChI=1S/C16H21F3N2O/c1-12-5-7-21(8-6-12)11-15(22)20-10-13-3-2-4-14(9-13)16(17,18)19/h2-4,9,12H,5-8,10-11H2,1H3,(H,20,22). The molecule has 0 aliphatic carbocycles. The van der Waals surface area contributed by atoms with Crippen LogP contribution in [0.1, 0.15) is 30.9 Å². The lowest BCUT2D eigenvalue weighted by atomic mass is 9.99. The number of rotatable bonds is 4. The minimum atomic E-state index is -4.36. The lowest BCUT2D eigenvalue weighted by molar-refractivity contribution is -0.137. The Morgan fingerprint density at radius 3 is 2.64 bits per heavy atom. The summed E-state index contributed by atoms with van der Waals surface area (Å²) in [6.45, 7) is 4.43. The predicted octanol–water partition coefficient (Wildman–Crippen LogP) is 3.05. The molecule has 0 saturated carbocycles. The highest BCUT2D eigenvalue weighted by molar-refractivity contribution is 5.78. The van der Waals surface area contributed by atoms with E-state index in [-0.39, 0.29) is 12.5 Å². The van der Waals surface area contributed by atoms with E-state index in [0.717, 1.165) is 38.1 Å². The molecule has 2 rings (SSSR count). The van der Waals surface area contributed by atoms with Gasteiger partial charge in [0.25, 0.3) is 0 Å². The van der Waals surface area contributed by atoms with Crippen molar-refractivity contribution in [2.45, 2.75) is 32.5 Å². The third-order valence-corrected chi connectivity index (χ3v) is 3.99. The molecule has 0 spiro atoms. The van der Waals surface area contributed by atoms with Gasteiger partial charge in [-0.3, -0.25) is 9.69 Å². The molecule has 1 N–H and O–H groups in total. The Morgan fingerprint density at radius 2 is 2.00 bits per heavy atom. The number of nitrogens with one attached hydrogen (secondary N) is 1. The minimum absolute atomic E-state index is 0.118. The molecule has 1 fully saturated rings. The lowest BCUT2D eigenvalue weighted by Crippen LogP contribution is -2.41. The van der Waals surface area contributed by atoms with Crippen LogP contribution in [0, 0.1) is 5.92 Å². The lowest BCUT2D eigenvalue weighted by Gasteiger charge is -2.29. The normalized spacial score (nSPS) is 17.5. The number of piperidine rings is 1. The molecule has 1 aliphatic heterocycles. The van der Waals surface area contributed by atoms with E-state index in [1.54, 1.807) is 6.07 Å². The molecule has 22 heavy (non-hydrogen) atoms. The molecule has 1 amide bonds. The highest BCUT2D eigenvalue weighted by Crippen LogP contribution is 2.29. The summed E-state index contributed by atoms with van der Waals surface area (Å²) in [6, 6.07) is 5.04. The van der Waals surface area contributed by atoms with E-state index in [1.165, 1.54) is 6.07 Å². The Kier molecular flexibility index (Phi) is 5.45. The van der Waals surface area contributed by atoms with Crippen molar-refractivity contribution in [3.05, 3.63) is 35.4 Å². The number of halogens is 3. The Labute approximate surface area is 128 Å². The SMILES string of the molecule is CC1CCN(CC(=O)NCc2cccc(C(F)(F)F)c2)CC1. The van der Waals surface area contributed by atoms with Gasteiger partial charge in [-0.25, -0.2) is 0 Å². The molecule has 0 atom stereocenters. The number of hydrogen-bond acceptors (Lipinski definition) is 2. The van der Waals surface area contributed by atoms with Gasteiger partial charge in [0.1, 0.15) is 0 Å². The summed E-state index contributed by atoms with van der Waals surface area (Å²) in [7, 11) is 0. The van der Waals surface area contributed by atoms with Crippen LogP contribution in [0.15, 0.2) is 24.3 Å². The van der Waals surface area contributed by atoms with Gasteiger partial charge in [-0.1, -0.05) is 19.1 Å². The molecule has 122 valence electrons. The Balaban J connectivity index is 1.81. The molecular weight excluding hydrogens is 293 g/mol. The van der Waals surface area contributed by atoms with E-state index in [2.05, 4.69) is 17.1 Å². The van der Waals surface area contributed by atoms with Gasteiger partial charge in [0.05, 0.1) is 12.1 Å². The first-order valence-electron chi connectivity index (χ1n) is 7.50.